The van der Waals surface area contributed by atoms with Crippen LogP contribution in [-0.4, -0.2) is 55.1 Å². The van der Waals surface area contributed by atoms with Gasteiger partial charge in [0.05, 0.1) is 18.6 Å². The molecule has 1 aromatic heterocycles. The maximum atomic E-state index is 11.2. The largest absolute Gasteiger partial charge is 0.357 e. The zero-order valence-corrected chi connectivity index (χ0v) is 13.7. The van der Waals surface area contributed by atoms with Crippen LogP contribution in [-0.2, 0) is 16.4 Å². The van der Waals surface area contributed by atoms with Gasteiger partial charge in [0.15, 0.2) is 5.96 Å². The molecule has 0 aromatic carbocycles. The molecule has 0 fully saturated rings. The molecule has 0 spiro atoms. The molecule has 1 atom stereocenters. The lowest BCUT2D eigenvalue weighted by Gasteiger charge is -2.17. The number of nitrogens with one attached hydrogen (secondary N) is 2. The van der Waals surface area contributed by atoms with Crippen molar-refractivity contribution in [3.63, 3.8) is 0 Å². The fourth-order valence-electron chi connectivity index (χ4n) is 1.71. The highest BCUT2D eigenvalue weighted by molar-refractivity contribution is 7.90. The maximum Gasteiger partial charge on any atom is 0.191 e. The Labute approximate surface area is 126 Å². The number of hydrogen-bond donors (Lipinski definition) is 2. The zero-order valence-electron chi connectivity index (χ0n) is 12.9. The van der Waals surface area contributed by atoms with Gasteiger partial charge in [0.2, 0.25) is 0 Å². The predicted octanol–water partition coefficient (Wildman–Crippen LogP) is 0.261. The third kappa shape index (κ3) is 8.34. The fraction of sp³-hybridized carbons (Fsp3) is 0.692. The minimum absolute atomic E-state index is 0.0470. The first-order valence-electron chi connectivity index (χ1n) is 7.09. The van der Waals surface area contributed by atoms with Gasteiger partial charge >= 0.3 is 0 Å². The molecule has 0 aliphatic carbocycles. The summed E-state index contributed by atoms with van der Waals surface area (Å²) < 4.78 is 24.3. The van der Waals surface area contributed by atoms with E-state index in [-0.39, 0.29) is 11.8 Å². The van der Waals surface area contributed by atoms with Crippen LogP contribution in [0.3, 0.4) is 0 Å². The Hall–Kier alpha value is -1.57. The van der Waals surface area contributed by atoms with Crippen LogP contribution in [0.5, 0.6) is 0 Å². The van der Waals surface area contributed by atoms with E-state index in [4.69, 9.17) is 0 Å². The van der Waals surface area contributed by atoms with E-state index in [9.17, 15) is 8.42 Å². The Morgan fingerprint density at radius 3 is 2.81 bits per heavy atom. The average Bonchev–Trinajstić information content (AvgIpc) is 2.89. The van der Waals surface area contributed by atoms with Crippen LogP contribution >= 0.6 is 0 Å². The zero-order chi connectivity index (χ0) is 15.7. The minimum Gasteiger partial charge on any atom is -0.357 e. The van der Waals surface area contributed by atoms with Gasteiger partial charge in [-0.25, -0.2) is 13.4 Å². The molecule has 0 radical (unpaired) electrons. The number of imidazole rings is 1. The quantitative estimate of drug-likeness (QED) is 0.531. The van der Waals surface area contributed by atoms with Crippen molar-refractivity contribution in [2.75, 3.05) is 25.1 Å². The number of aromatic nitrogens is 2. The Kier molecular flexibility index (Phi) is 7.21. The van der Waals surface area contributed by atoms with Crippen molar-refractivity contribution in [1.82, 2.24) is 20.2 Å². The summed E-state index contributed by atoms with van der Waals surface area (Å²) in [6, 6.07) is 0.0470. The number of aliphatic imine (C=N–C) groups is 1. The van der Waals surface area contributed by atoms with Crippen molar-refractivity contribution in [1.29, 1.82) is 0 Å². The molecule has 8 heteroatoms. The molecule has 1 unspecified atom stereocenters. The van der Waals surface area contributed by atoms with Gasteiger partial charge in [-0.15, -0.1) is 0 Å². The Morgan fingerprint density at radius 1 is 1.48 bits per heavy atom. The van der Waals surface area contributed by atoms with Crippen molar-refractivity contribution in [2.45, 2.75) is 32.9 Å². The van der Waals surface area contributed by atoms with Crippen LogP contribution in [0.4, 0.5) is 0 Å². The lowest BCUT2D eigenvalue weighted by Crippen LogP contribution is -2.43. The Bertz CT molecular complexity index is 525. The van der Waals surface area contributed by atoms with Gasteiger partial charge in [-0.05, 0) is 20.3 Å². The number of rotatable bonds is 8. The van der Waals surface area contributed by atoms with Crippen molar-refractivity contribution in [3.05, 3.63) is 18.7 Å². The van der Waals surface area contributed by atoms with E-state index in [1.165, 1.54) is 6.26 Å². The SMILES string of the molecule is CCNC(=NCCn1ccnc1)NC(C)CCS(C)(=O)=O. The van der Waals surface area contributed by atoms with Crippen LogP contribution in [0.25, 0.3) is 0 Å². The Balaban J connectivity index is 2.43. The van der Waals surface area contributed by atoms with Crippen molar-refractivity contribution < 1.29 is 8.42 Å². The molecule has 1 heterocycles. The summed E-state index contributed by atoms with van der Waals surface area (Å²) in [5.41, 5.74) is 0. The monoisotopic (exact) mass is 315 g/mol. The van der Waals surface area contributed by atoms with Crippen LogP contribution in [0.1, 0.15) is 20.3 Å². The summed E-state index contributed by atoms with van der Waals surface area (Å²) >= 11 is 0. The molecule has 21 heavy (non-hydrogen) atoms. The standard InChI is InChI=1S/C13H25N5O2S/c1-4-15-13(16-7-9-18-8-6-14-11-18)17-12(2)5-10-21(3,19)20/h6,8,11-12H,4-5,7,9-10H2,1-3H3,(H2,15,16,17). The first-order valence-corrected chi connectivity index (χ1v) is 9.15. The van der Waals surface area contributed by atoms with E-state index in [0.29, 0.717) is 18.9 Å². The molecule has 0 saturated heterocycles. The molecule has 0 aliphatic rings. The number of nitrogens with zero attached hydrogens (tertiary/aromatic N) is 3. The van der Waals surface area contributed by atoms with Crippen molar-refractivity contribution in [3.8, 4) is 0 Å². The van der Waals surface area contributed by atoms with Crippen molar-refractivity contribution in [2.24, 2.45) is 4.99 Å². The van der Waals surface area contributed by atoms with Crippen LogP contribution < -0.4 is 10.6 Å². The molecule has 120 valence electrons. The summed E-state index contributed by atoms with van der Waals surface area (Å²) in [5.74, 6) is 0.883. The molecule has 7 nitrogen and oxygen atoms in total. The highest BCUT2D eigenvalue weighted by Gasteiger charge is 2.09. The van der Waals surface area contributed by atoms with E-state index in [2.05, 4.69) is 20.6 Å². The molecule has 0 bridgehead atoms. The molecule has 0 amide bonds. The van der Waals surface area contributed by atoms with Gasteiger partial charge in [0.25, 0.3) is 0 Å². The van der Waals surface area contributed by atoms with E-state index < -0.39 is 9.84 Å². The molecule has 1 aromatic rings. The van der Waals surface area contributed by atoms with E-state index in [0.717, 1.165) is 13.1 Å². The first-order chi connectivity index (χ1) is 9.90. The second-order valence-corrected chi connectivity index (χ2v) is 7.28. The second kappa shape index (κ2) is 8.66. The third-order valence-electron chi connectivity index (χ3n) is 2.84. The number of hydrogen-bond acceptors (Lipinski definition) is 4. The van der Waals surface area contributed by atoms with E-state index >= 15 is 0 Å². The highest BCUT2D eigenvalue weighted by Crippen LogP contribution is 1.95. The van der Waals surface area contributed by atoms with E-state index in [1.807, 2.05) is 24.6 Å². The first kappa shape index (κ1) is 17.5. The number of guanidine groups is 1. The molecular formula is C13H25N5O2S. The van der Waals surface area contributed by atoms with Gasteiger partial charge in [0.1, 0.15) is 9.84 Å². The topological polar surface area (TPSA) is 88.4 Å². The summed E-state index contributed by atoms with van der Waals surface area (Å²) in [7, 11) is -2.92. The van der Waals surface area contributed by atoms with Crippen LogP contribution in [0.2, 0.25) is 0 Å². The Morgan fingerprint density at radius 2 is 2.24 bits per heavy atom. The lowest BCUT2D eigenvalue weighted by atomic mass is 10.3. The third-order valence-corrected chi connectivity index (χ3v) is 3.81. The molecule has 1 rings (SSSR count). The fourth-order valence-corrected chi connectivity index (χ4v) is 2.49. The average molecular weight is 315 g/mol. The van der Waals surface area contributed by atoms with Gasteiger partial charge in [-0.3, -0.25) is 4.99 Å². The highest BCUT2D eigenvalue weighted by atomic mass is 32.2. The minimum atomic E-state index is -2.92. The van der Waals surface area contributed by atoms with Gasteiger partial charge < -0.3 is 15.2 Å². The summed E-state index contributed by atoms with van der Waals surface area (Å²) in [6.45, 7) is 6.09. The van der Waals surface area contributed by atoms with Crippen LogP contribution in [0.15, 0.2) is 23.7 Å². The van der Waals surface area contributed by atoms with Gasteiger partial charge in [-0.1, -0.05) is 0 Å². The second-order valence-electron chi connectivity index (χ2n) is 5.03. The summed E-state index contributed by atoms with van der Waals surface area (Å²) in [5, 5.41) is 6.38. The number of sulfone groups is 1. The molecule has 0 saturated carbocycles. The van der Waals surface area contributed by atoms with E-state index in [1.54, 1.807) is 12.5 Å². The smallest absolute Gasteiger partial charge is 0.191 e. The van der Waals surface area contributed by atoms with Crippen LogP contribution in [0, 0.1) is 0 Å². The maximum absolute atomic E-state index is 11.2. The van der Waals surface area contributed by atoms with Gasteiger partial charge in [0, 0.05) is 37.8 Å². The lowest BCUT2D eigenvalue weighted by molar-refractivity contribution is 0.580. The summed E-state index contributed by atoms with van der Waals surface area (Å²) in [6.07, 6.45) is 7.20. The van der Waals surface area contributed by atoms with Crippen molar-refractivity contribution >= 4 is 15.8 Å². The molecule has 0 aliphatic heterocycles. The van der Waals surface area contributed by atoms with Gasteiger partial charge in [-0.2, -0.15) is 0 Å². The predicted molar refractivity (Wildman–Crippen MR) is 85.1 cm³/mol. The summed E-state index contributed by atoms with van der Waals surface area (Å²) in [4.78, 5) is 8.45. The normalized spacial score (nSPS) is 14.0. The molecule has 2 N–H and O–H groups in total. The molecular weight excluding hydrogens is 290 g/mol.